The highest BCUT2D eigenvalue weighted by atomic mass is 16.2. The number of nitrogens with one attached hydrogen (secondary N) is 1. The predicted molar refractivity (Wildman–Crippen MR) is 105 cm³/mol. The summed E-state index contributed by atoms with van der Waals surface area (Å²) < 4.78 is 1.79. The van der Waals surface area contributed by atoms with E-state index in [0.29, 0.717) is 23.5 Å². The number of piperidine rings is 1. The molecule has 0 aliphatic carbocycles. The number of imidazole rings is 1. The lowest BCUT2D eigenvalue weighted by atomic mass is 10.1. The Kier molecular flexibility index (Phi) is 4.39. The van der Waals surface area contributed by atoms with E-state index in [1.165, 1.54) is 0 Å². The number of nitrogens with zero attached hydrogens (tertiary/aromatic N) is 3. The van der Waals surface area contributed by atoms with Crippen LogP contribution in [0, 0.1) is 13.8 Å². The fourth-order valence-electron chi connectivity index (χ4n) is 3.67. The van der Waals surface area contributed by atoms with Crippen molar-refractivity contribution in [3.8, 4) is 0 Å². The second-order valence-electron chi connectivity index (χ2n) is 6.93. The molecule has 0 atom stereocenters. The first kappa shape index (κ1) is 17.3. The minimum atomic E-state index is -0.201. The molecule has 1 fully saturated rings. The normalized spacial score (nSPS) is 14.6. The number of carbonyl (C=O) groups is 2. The molecule has 0 unspecified atom stereocenters. The van der Waals surface area contributed by atoms with Gasteiger partial charge in [-0.2, -0.15) is 0 Å². The van der Waals surface area contributed by atoms with Crippen LogP contribution in [0.2, 0.25) is 0 Å². The summed E-state index contributed by atoms with van der Waals surface area (Å²) in [5, 5.41) is 2.96. The van der Waals surface area contributed by atoms with Crippen molar-refractivity contribution < 1.29 is 9.59 Å². The van der Waals surface area contributed by atoms with Gasteiger partial charge >= 0.3 is 0 Å². The number of hydrogen-bond acceptors (Lipinski definition) is 3. The van der Waals surface area contributed by atoms with E-state index < -0.39 is 0 Å². The Morgan fingerprint density at radius 3 is 2.78 bits per heavy atom. The first-order valence-corrected chi connectivity index (χ1v) is 9.20. The summed E-state index contributed by atoms with van der Waals surface area (Å²) in [4.78, 5) is 31.3. The summed E-state index contributed by atoms with van der Waals surface area (Å²) in [5.74, 6) is -0.0325. The van der Waals surface area contributed by atoms with E-state index in [9.17, 15) is 9.59 Å². The molecule has 3 heterocycles. The standard InChI is InChI=1S/C21H22N4O2/c1-14-13-16(9-10-17(14)24-11-6-4-8-19(24)26)23-21(27)20-15(2)22-18-7-3-5-12-25(18)20/h3,5,7,9-10,12-13H,4,6,8,11H2,1-2H3,(H,23,27). The van der Waals surface area contributed by atoms with E-state index in [-0.39, 0.29) is 11.8 Å². The molecule has 0 bridgehead atoms. The van der Waals surface area contributed by atoms with E-state index in [4.69, 9.17) is 0 Å². The Morgan fingerprint density at radius 1 is 1.15 bits per heavy atom. The van der Waals surface area contributed by atoms with Gasteiger partial charge < -0.3 is 10.2 Å². The van der Waals surface area contributed by atoms with Gasteiger partial charge in [0, 0.05) is 30.5 Å². The number of benzene rings is 1. The summed E-state index contributed by atoms with van der Waals surface area (Å²) in [7, 11) is 0. The molecule has 2 amide bonds. The maximum atomic E-state index is 12.8. The molecule has 138 valence electrons. The first-order valence-electron chi connectivity index (χ1n) is 9.20. The molecule has 1 aromatic carbocycles. The Bertz CT molecular complexity index is 1040. The van der Waals surface area contributed by atoms with Gasteiger partial charge in [-0.1, -0.05) is 6.07 Å². The largest absolute Gasteiger partial charge is 0.321 e. The zero-order valence-electron chi connectivity index (χ0n) is 15.5. The molecule has 1 N–H and O–H groups in total. The Balaban J connectivity index is 1.59. The summed E-state index contributed by atoms with van der Waals surface area (Å²) in [6.07, 6.45) is 4.42. The average Bonchev–Trinajstić information content (AvgIpc) is 2.98. The fraction of sp³-hybridized carbons (Fsp3) is 0.286. The van der Waals surface area contributed by atoms with Gasteiger partial charge in [0.25, 0.3) is 5.91 Å². The van der Waals surface area contributed by atoms with E-state index in [2.05, 4.69) is 10.3 Å². The molecule has 0 radical (unpaired) electrons. The molecule has 1 saturated heterocycles. The minimum Gasteiger partial charge on any atom is -0.321 e. The van der Waals surface area contributed by atoms with Gasteiger partial charge in [0.15, 0.2) is 0 Å². The second-order valence-corrected chi connectivity index (χ2v) is 6.93. The SMILES string of the molecule is Cc1cc(NC(=O)c2c(C)nc3ccccn23)ccc1N1CCCCC1=O. The molecular formula is C21H22N4O2. The van der Waals surface area contributed by atoms with Crippen LogP contribution in [0.25, 0.3) is 5.65 Å². The van der Waals surface area contributed by atoms with Gasteiger partial charge in [-0.3, -0.25) is 14.0 Å². The van der Waals surface area contributed by atoms with Crippen LogP contribution in [0.4, 0.5) is 11.4 Å². The van der Waals surface area contributed by atoms with Gasteiger partial charge in [0.1, 0.15) is 11.3 Å². The maximum Gasteiger partial charge on any atom is 0.274 e. The number of anilines is 2. The minimum absolute atomic E-state index is 0.169. The lowest BCUT2D eigenvalue weighted by Gasteiger charge is -2.28. The van der Waals surface area contributed by atoms with Crippen molar-refractivity contribution in [1.29, 1.82) is 0 Å². The van der Waals surface area contributed by atoms with E-state index in [1.807, 2.05) is 61.3 Å². The Hall–Kier alpha value is -3.15. The molecule has 27 heavy (non-hydrogen) atoms. The zero-order valence-corrected chi connectivity index (χ0v) is 15.5. The lowest BCUT2D eigenvalue weighted by Crippen LogP contribution is -2.35. The van der Waals surface area contributed by atoms with Crippen LogP contribution >= 0.6 is 0 Å². The number of rotatable bonds is 3. The van der Waals surface area contributed by atoms with Crippen LogP contribution in [-0.2, 0) is 4.79 Å². The van der Waals surface area contributed by atoms with Crippen molar-refractivity contribution in [1.82, 2.24) is 9.38 Å². The maximum absolute atomic E-state index is 12.8. The third-order valence-electron chi connectivity index (χ3n) is 4.99. The van der Waals surface area contributed by atoms with Crippen LogP contribution in [0.5, 0.6) is 0 Å². The second kappa shape index (κ2) is 6.87. The molecule has 1 aliphatic heterocycles. The molecule has 0 spiro atoms. The van der Waals surface area contributed by atoms with Gasteiger partial charge in [-0.05, 0) is 62.6 Å². The summed E-state index contributed by atoms with van der Waals surface area (Å²) in [6.45, 7) is 4.55. The van der Waals surface area contributed by atoms with Crippen molar-refractivity contribution in [2.24, 2.45) is 0 Å². The third kappa shape index (κ3) is 3.18. The van der Waals surface area contributed by atoms with Gasteiger partial charge in [0.05, 0.1) is 5.69 Å². The first-order chi connectivity index (χ1) is 13.0. The topological polar surface area (TPSA) is 66.7 Å². The van der Waals surface area contributed by atoms with Crippen LogP contribution in [-0.4, -0.2) is 27.7 Å². The molecule has 6 heteroatoms. The molecule has 0 saturated carbocycles. The van der Waals surface area contributed by atoms with Crippen LogP contribution in [0.1, 0.15) is 41.0 Å². The number of amides is 2. The highest BCUT2D eigenvalue weighted by Gasteiger charge is 2.21. The van der Waals surface area contributed by atoms with E-state index in [0.717, 1.165) is 36.3 Å². The van der Waals surface area contributed by atoms with Crippen molar-refractivity contribution in [2.75, 3.05) is 16.8 Å². The zero-order chi connectivity index (χ0) is 19.0. The van der Waals surface area contributed by atoms with Crippen molar-refractivity contribution in [3.05, 3.63) is 59.5 Å². The number of aromatic nitrogens is 2. The van der Waals surface area contributed by atoms with Crippen molar-refractivity contribution >= 4 is 28.8 Å². The molecule has 1 aliphatic rings. The molecule has 2 aromatic heterocycles. The average molecular weight is 362 g/mol. The van der Waals surface area contributed by atoms with Gasteiger partial charge in [0.2, 0.25) is 5.91 Å². The highest BCUT2D eigenvalue weighted by molar-refractivity contribution is 6.04. The van der Waals surface area contributed by atoms with Gasteiger partial charge in [-0.25, -0.2) is 4.98 Å². The van der Waals surface area contributed by atoms with Crippen LogP contribution in [0.3, 0.4) is 0 Å². The molecular weight excluding hydrogens is 340 g/mol. The molecule has 4 rings (SSSR count). The number of carbonyl (C=O) groups excluding carboxylic acids is 2. The smallest absolute Gasteiger partial charge is 0.274 e. The highest BCUT2D eigenvalue weighted by Crippen LogP contribution is 2.27. The fourth-order valence-corrected chi connectivity index (χ4v) is 3.67. The number of fused-ring (bicyclic) bond motifs is 1. The third-order valence-corrected chi connectivity index (χ3v) is 4.99. The van der Waals surface area contributed by atoms with E-state index >= 15 is 0 Å². The summed E-state index contributed by atoms with van der Waals surface area (Å²) >= 11 is 0. The van der Waals surface area contributed by atoms with Crippen LogP contribution < -0.4 is 10.2 Å². The van der Waals surface area contributed by atoms with Gasteiger partial charge in [-0.15, -0.1) is 0 Å². The van der Waals surface area contributed by atoms with Crippen LogP contribution in [0.15, 0.2) is 42.6 Å². The summed E-state index contributed by atoms with van der Waals surface area (Å²) in [6, 6.07) is 11.3. The number of aryl methyl sites for hydroxylation is 2. The van der Waals surface area contributed by atoms with Crippen molar-refractivity contribution in [2.45, 2.75) is 33.1 Å². The quantitative estimate of drug-likeness (QED) is 0.772. The Labute approximate surface area is 157 Å². The van der Waals surface area contributed by atoms with Crippen molar-refractivity contribution in [3.63, 3.8) is 0 Å². The predicted octanol–water partition coefficient (Wildman–Crippen LogP) is 3.72. The lowest BCUT2D eigenvalue weighted by molar-refractivity contribution is -0.119. The Morgan fingerprint density at radius 2 is 2.00 bits per heavy atom. The molecule has 6 nitrogen and oxygen atoms in total. The summed E-state index contributed by atoms with van der Waals surface area (Å²) in [5.41, 5.74) is 4.55. The number of hydrogen-bond donors (Lipinski definition) is 1. The molecule has 3 aromatic rings. The van der Waals surface area contributed by atoms with E-state index in [1.54, 1.807) is 4.40 Å². The monoisotopic (exact) mass is 362 g/mol. The number of pyridine rings is 1.